The molecule has 1 aliphatic rings. The highest BCUT2D eigenvalue weighted by Gasteiger charge is 2.31. The number of carbonyl (C=O) groups is 1. The van der Waals surface area contributed by atoms with E-state index >= 15 is 0 Å². The molecule has 0 bridgehead atoms. The lowest BCUT2D eigenvalue weighted by Gasteiger charge is -2.32. The van der Waals surface area contributed by atoms with Gasteiger partial charge in [0.25, 0.3) is 0 Å². The molecule has 0 aromatic heterocycles. The van der Waals surface area contributed by atoms with Crippen LogP contribution in [0.2, 0.25) is 0 Å². The Morgan fingerprint density at radius 1 is 1.38 bits per heavy atom. The highest BCUT2D eigenvalue weighted by atomic mass is 16.5. The Morgan fingerprint density at radius 3 is 2.75 bits per heavy atom. The molecule has 0 aliphatic carbocycles. The zero-order chi connectivity index (χ0) is 11.8. The maximum absolute atomic E-state index is 10.7. The molecule has 0 spiro atoms. The van der Waals surface area contributed by atoms with Crippen molar-refractivity contribution in [2.24, 2.45) is 0 Å². The van der Waals surface area contributed by atoms with Gasteiger partial charge in [-0.25, -0.2) is 0 Å². The maximum atomic E-state index is 10.7. The molecule has 0 atom stereocenters. The van der Waals surface area contributed by atoms with Crippen LogP contribution < -0.4 is 4.74 Å². The molecule has 0 fully saturated rings. The molecule has 1 heterocycles. The van der Waals surface area contributed by atoms with Crippen LogP contribution in [0.25, 0.3) is 6.08 Å². The van der Waals surface area contributed by atoms with Gasteiger partial charge in [0.15, 0.2) is 5.60 Å². The van der Waals surface area contributed by atoms with Gasteiger partial charge in [-0.3, -0.25) is 4.79 Å². The van der Waals surface area contributed by atoms with Gasteiger partial charge in [-0.2, -0.15) is 0 Å². The highest BCUT2D eigenvalue weighted by molar-refractivity contribution is 5.78. The average molecular weight is 218 g/mol. The monoisotopic (exact) mass is 218 g/mol. The third-order valence-corrected chi connectivity index (χ3v) is 2.63. The Balaban J connectivity index is 2.52. The zero-order valence-electron chi connectivity index (χ0n) is 9.61. The quantitative estimate of drug-likeness (QED) is 0.716. The van der Waals surface area contributed by atoms with Gasteiger partial charge in [-0.15, -0.1) is 0 Å². The molecule has 1 aliphatic heterocycles. The van der Waals surface area contributed by atoms with E-state index in [9.17, 15) is 4.79 Å². The molecule has 1 aromatic carbocycles. The molecule has 1 aromatic rings. The van der Waals surface area contributed by atoms with Crippen LogP contribution in [0.3, 0.4) is 0 Å². The third kappa shape index (κ3) is 1.69. The van der Waals surface area contributed by atoms with Gasteiger partial charge >= 0.3 is 0 Å². The van der Waals surface area contributed by atoms with E-state index < -0.39 is 5.60 Å². The summed E-state index contributed by atoms with van der Waals surface area (Å²) in [5.41, 5.74) is 1.04. The van der Waals surface area contributed by atoms with Crippen LogP contribution in [-0.4, -0.2) is 19.0 Å². The zero-order valence-corrected chi connectivity index (χ0v) is 9.61. The van der Waals surface area contributed by atoms with E-state index in [4.69, 9.17) is 9.47 Å². The van der Waals surface area contributed by atoms with Crippen molar-refractivity contribution in [3.8, 4) is 5.75 Å². The van der Waals surface area contributed by atoms with E-state index in [2.05, 4.69) is 0 Å². The fourth-order valence-corrected chi connectivity index (χ4v) is 1.79. The van der Waals surface area contributed by atoms with Crippen LogP contribution >= 0.6 is 0 Å². The predicted molar refractivity (Wildman–Crippen MR) is 61.5 cm³/mol. The van der Waals surface area contributed by atoms with Gasteiger partial charge in [0.1, 0.15) is 17.8 Å². The van der Waals surface area contributed by atoms with Gasteiger partial charge in [0.2, 0.25) is 0 Å². The highest BCUT2D eigenvalue weighted by Crippen LogP contribution is 2.35. The van der Waals surface area contributed by atoms with Crippen molar-refractivity contribution < 1.29 is 14.3 Å². The minimum absolute atomic E-state index is 0.468. The first kappa shape index (κ1) is 10.7. The number of methoxy groups -OCH3 is 1. The molecular weight excluding hydrogens is 204 g/mol. The summed E-state index contributed by atoms with van der Waals surface area (Å²) in [7, 11) is 1.62. The summed E-state index contributed by atoms with van der Waals surface area (Å²) in [4.78, 5) is 10.7. The van der Waals surface area contributed by atoms with E-state index in [1.165, 1.54) is 0 Å². The molecule has 0 saturated carbocycles. The van der Waals surface area contributed by atoms with Crippen molar-refractivity contribution >= 4 is 12.4 Å². The van der Waals surface area contributed by atoms with Gasteiger partial charge in [0, 0.05) is 11.1 Å². The first-order valence-corrected chi connectivity index (χ1v) is 5.11. The summed E-state index contributed by atoms with van der Waals surface area (Å²) in [5, 5.41) is 0. The Bertz CT molecular complexity index is 458. The number of hydrogen-bond donors (Lipinski definition) is 0. The lowest BCUT2D eigenvalue weighted by molar-refractivity contribution is 0.0756. The van der Waals surface area contributed by atoms with Gasteiger partial charge < -0.3 is 9.47 Å². The smallest absolute Gasteiger partial charge is 0.160 e. The number of benzene rings is 1. The Kier molecular flexibility index (Phi) is 2.46. The van der Waals surface area contributed by atoms with Crippen LogP contribution in [-0.2, 0) is 4.74 Å². The standard InChI is InChI=1S/C13H14O3/c1-13(2)12(15-3)7-10-6-9(8-14)4-5-11(10)16-13/h4-8H,1-3H3. The number of ether oxygens (including phenoxy) is 2. The lowest BCUT2D eigenvalue weighted by atomic mass is 9.99. The molecule has 84 valence electrons. The Hall–Kier alpha value is -1.77. The van der Waals surface area contributed by atoms with Crippen molar-refractivity contribution in [3.63, 3.8) is 0 Å². The second-order valence-corrected chi connectivity index (χ2v) is 4.24. The van der Waals surface area contributed by atoms with Crippen LogP contribution in [0.1, 0.15) is 29.8 Å². The average Bonchev–Trinajstić information content (AvgIpc) is 2.26. The van der Waals surface area contributed by atoms with Crippen molar-refractivity contribution in [3.05, 3.63) is 35.1 Å². The van der Waals surface area contributed by atoms with Crippen molar-refractivity contribution in [2.45, 2.75) is 19.4 Å². The summed E-state index contributed by atoms with van der Waals surface area (Å²) in [6.45, 7) is 3.89. The maximum Gasteiger partial charge on any atom is 0.160 e. The molecule has 16 heavy (non-hydrogen) atoms. The fourth-order valence-electron chi connectivity index (χ4n) is 1.79. The van der Waals surface area contributed by atoms with Gasteiger partial charge in [-0.1, -0.05) is 0 Å². The topological polar surface area (TPSA) is 35.5 Å². The van der Waals surface area contributed by atoms with Gasteiger partial charge in [-0.05, 0) is 38.1 Å². The van der Waals surface area contributed by atoms with Crippen LogP contribution in [0, 0.1) is 0 Å². The molecule has 3 nitrogen and oxygen atoms in total. The van der Waals surface area contributed by atoms with Crippen molar-refractivity contribution in [2.75, 3.05) is 7.11 Å². The SMILES string of the molecule is COC1=Cc2cc(C=O)ccc2OC1(C)C. The van der Waals surface area contributed by atoms with Crippen LogP contribution in [0.4, 0.5) is 0 Å². The predicted octanol–water partition coefficient (Wildman–Crippen LogP) is 2.66. The van der Waals surface area contributed by atoms with Gasteiger partial charge in [0.05, 0.1) is 7.11 Å². The summed E-state index contributed by atoms with van der Waals surface area (Å²) in [5.74, 6) is 1.53. The molecule has 0 N–H and O–H groups in total. The number of carbonyl (C=O) groups excluding carboxylic acids is 1. The van der Waals surface area contributed by atoms with E-state index in [1.54, 1.807) is 19.2 Å². The molecule has 0 saturated heterocycles. The largest absolute Gasteiger partial charge is 0.497 e. The summed E-state index contributed by atoms with van der Waals surface area (Å²) >= 11 is 0. The second kappa shape index (κ2) is 3.67. The lowest BCUT2D eigenvalue weighted by Crippen LogP contribution is -2.34. The minimum atomic E-state index is -0.468. The molecule has 3 heteroatoms. The fraction of sp³-hybridized carbons (Fsp3) is 0.308. The van der Waals surface area contributed by atoms with E-state index in [1.807, 2.05) is 26.0 Å². The van der Waals surface area contributed by atoms with E-state index in [-0.39, 0.29) is 0 Å². The summed E-state index contributed by atoms with van der Waals surface area (Å²) in [6.07, 6.45) is 2.73. The number of rotatable bonds is 2. The van der Waals surface area contributed by atoms with Crippen LogP contribution in [0.15, 0.2) is 24.0 Å². The van der Waals surface area contributed by atoms with E-state index in [0.29, 0.717) is 5.56 Å². The molecule has 0 unspecified atom stereocenters. The minimum Gasteiger partial charge on any atom is -0.497 e. The number of aldehydes is 1. The van der Waals surface area contributed by atoms with Crippen molar-refractivity contribution in [1.82, 2.24) is 0 Å². The number of fused-ring (bicyclic) bond motifs is 1. The Labute approximate surface area is 94.7 Å². The molecule has 2 rings (SSSR count). The Morgan fingerprint density at radius 2 is 2.12 bits per heavy atom. The summed E-state index contributed by atoms with van der Waals surface area (Å²) < 4.78 is 11.1. The molecule has 0 radical (unpaired) electrons. The third-order valence-electron chi connectivity index (χ3n) is 2.63. The number of hydrogen-bond acceptors (Lipinski definition) is 3. The normalized spacial score (nSPS) is 16.8. The van der Waals surface area contributed by atoms with E-state index in [0.717, 1.165) is 23.4 Å². The summed E-state index contributed by atoms with van der Waals surface area (Å²) in [6, 6.07) is 5.34. The molecule has 0 amide bonds. The van der Waals surface area contributed by atoms with Crippen molar-refractivity contribution in [1.29, 1.82) is 0 Å². The molecular formula is C13H14O3. The second-order valence-electron chi connectivity index (χ2n) is 4.24. The first-order valence-electron chi connectivity index (χ1n) is 5.11. The van der Waals surface area contributed by atoms with Crippen LogP contribution in [0.5, 0.6) is 5.75 Å². The first-order chi connectivity index (χ1) is 7.56.